The van der Waals surface area contributed by atoms with E-state index in [1.54, 1.807) is 6.92 Å². The van der Waals surface area contributed by atoms with Gasteiger partial charge in [0.2, 0.25) is 0 Å². The number of hydrogen-bond donors (Lipinski definition) is 0. The van der Waals surface area contributed by atoms with Crippen molar-refractivity contribution in [2.75, 3.05) is 5.01 Å². The number of carbonyl (C=O) groups excluding carboxylic acids is 1. The molecule has 1 unspecified atom stereocenters. The average Bonchev–Trinajstić information content (AvgIpc) is 2.61. The Morgan fingerprint density at radius 3 is 2.94 bits per heavy atom. The number of rotatable bonds is 2. The fourth-order valence-electron chi connectivity index (χ4n) is 1.73. The van der Waals surface area contributed by atoms with Gasteiger partial charge in [-0.25, -0.2) is 9.40 Å². The third-order valence-corrected chi connectivity index (χ3v) is 3.00. The van der Waals surface area contributed by atoms with E-state index < -0.39 is 11.7 Å². The zero-order valence-electron chi connectivity index (χ0n) is 9.52. The molecule has 0 spiro atoms. The van der Waals surface area contributed by atoms with Gasteiger partial charge in [-0.2, -0.15) is 10.4 Å². The summed E-state index contributed by atoms with van der Waals surface area (Å²) < 4.78 is 13.0. The molecule has 0 aliphatic carbocycles. The number of carbonyl (C=O) groups is 1. The summed E-state index contributed by atoms with van der Waals surface area (Å²) in [5.74, 6) is -1.38. The van der Waals surface area contributed by atoms with Crippen LogP contribution in [-0.4, -0.2) is 11.6 Å². The normalized spacial score (nSPS) is 18.8. The minimum absolute atomic E-state index is 0.0723. The molecule has 0 bridgehead atoms. The van der Waals surface area contributed by atoms with E-state index in [-0.39, 0.29) is 17.4 Å². The zero-order chi connectivity index (χ0) is 13.3. The van der Waals surface area contributed by atoms with Crippen LogP contribution in [0.25, 0.3) is 0 Å². The third kappa shape index (κ3) is 2.07. The van der Waals surface area contributed by atoms with Crippen molar-refractivity contribution in [3.8, 4) is 6.07 Å². The lowest BCUT2D eigenvalue weighted by Gasteiger charge is -2.13. The van der Waals surface area contributed by atoms with E-state index in [0.29, 0.717) is 11.4 Å². The molecule has 2 rings (SSSR count). The van der Waals surface area contributed by atoms with E-state index in [1.165, 1.54) is 18.2 Å². The molecule has 1 aliphatic heterocycles. The Bertz CT molecular complexity index is 579. The number of nitriles is 1. The van der Waals surface area contributed by atoms with Crippen molar-refractivity contribution in [1.29, 1.82) is 5.26 Å². The molecule has 0 N–H and O–H groups in total. The summed E-state index contributed by atoms with van der Waals surface area (Å²) in [5.41, 5.74) is 0.966. The van der Waals surface area contributed by atoms with Gasteiger partial charge in [-0.1, -0.05) is 11.6 Å². The molecule has 1 heterocycles. The van der Waals surface area contributed by atoms with Crippen LogP contribution in [0, 0.1) is 23.1 Å². The minimum atomic E-state index is -0.554. The van der Waals surface area contributed by atoms with E-state index in [4.69, 9.17) is 16.9 Å². The quantitative estimate of drug-likeness (QED) is 0.825. The fraction of sp³-hybridized carbons (Fsp3) is 0.250. The Hall–Kier alpha value is -1.93. The van der Waals surface area contributed by atoms with E-state index >= 15 is 0 Å². The van der Waals surface area contributed by atoms with Crippen molar-refractivity contribution in [2.45, 2.75) is 13.3 Å². The van der Waals surface area contributed by atoms with Crippen molar-refractivity contribution in [1.82, 2.24) is 0 Å². The predicted molar refractivity (Wildman–Crippen MR) is 65.7 cm³/mol. The summed E-state index contributed by atoms with van der Waals surface area (Å²) in [5, 5.41) is 13.8. The molecule has 1 aliphatic rings. The van der Waals surface area contributed by atoms with E-state index in [0.717, 1.165) is 5.01 Å². The highest BCUT2D eigenvalue weighted by molar-refractivity contribution is 6.31. The number of amides is 1. The van der Waals surface area contributed by atoms with Gasteiger partial charge >= 0.3 is 0 Å². The molecule has 1 aromatic rings. The largest absolute Gasteiger partial charge is 0.272 e. The van der Waals surface area contributed by atoms with Gasteiger partial charge < -0.3 is 0 Å². The molecule has 0 saturated heterocycles. The lowest BCUT2D eigenvalue weighted by Crippen LogP contribution is -2.26. The van der Waals surface area contributed by atoms with Crippen molar-refractivity contribution in [3.63, 3.8) is 0 Å². The number of nitrogens with zero attached hydrogens (tertiary/aromatic N) is 3. The zero-order valence-corrected chi connectivity index (χ0v) is 10.3. The number of hydrazone groups is 1. The van der Waals surface area contributed by atoms with Crippen LogP contribution in [0.1, 0.15) is 13.3 Å². The summed E-state index contributed by atoms with van der Waals surface area (Å²) in [6.07, 6.45) is 0.0829. The molecule has 92 valence electrons. The highest BCUT2D eigenvalue weighted by Gasteiger charge is 2.34. The molecule has 6 heteroatoms. The van der Waals surface area contributed by atoms with Crippen LogP contribution in [0.2, 0.25) is 5.02 Å². The molecule has 0 aromatic heterocycles. The van der Waals surface area contributed by atoms with Gasteiger partial charge in [0.15, 0.2) is 0 Å². The van der Waals surface area contributed by atoms with Gasteiger partial charge in [0.1, 0.15) is 5.82 Å². The van der Waals surface area contributed by atoms with E-state index in [9.17, 15) is 9.18 Å². The SMILES string of the molecule is CC1=NN(c2ccc(F)c(Cl)c2)C(=O)C1CC#N. The number of hydrogen-bond acceptors (Lipinski definition) is 3. The van der Waals surface area contributed by atoms with Gasteiger partial charge in [-0.3, -0.25) is 4.79 Å². The highest BCUT2D eigenvalue weighted by Crippen LogP contribution is 2.28. The predicted octanol–water partition coefficient (Wildman–Crippen LogP) is 2.73. The second-order valence-corrected chi connectivity index (χ2v) is 4.31. The second kappa shape index (κ2) is 4.75. The topological polar surface area (TPSA) is 56.5 Å². The Morgan fingerprint density at radius 2 is 2.33 bits per heavy atom. The molecule has 0 radical (unpaired) electrons. The molecule has 1 amide bonds. The molecule has 1 atom stereocenters. The number of anilines is 1. The average molecular weight is 266 g/mol. The Balaban J connectivity index is 2.33. The Kier molecular flexibility index (Phi) is 3.30. The van der Waals surface area contributed by atoms with Gasteiger partial charge in [-0.05, 0) is 25.1 Å². The van der Waals surface area contributed by atoms with Crippen LogP contribution in [0.15, 0.2) is 23.3 Å². The first kappa shape index (κ1) is 12.5. The van der Waals surface area contributed by atoms with Crippen molar-refractivity contribution in [3.05, 3.63) is 29.0 Å². The van der Waals surface area contributed by atoms with Crippen molar-refractivity contribution in [2.24, 2.45) is 11.0 Å². The summed E-state index contributed by atoms with van der Waals surface area (Å²) in [7, 11) is 0. The molecule has 4 nitrogen and oxygen atoms in total. The Morgan fingerprint density at radius 1 is 1.61 bits per heavy atom. The third-order valence-electron chi connectivity index (χ3n) is 2.71. The van der Waals surface area contributed by atoms with Crippen LogP contribution in [-0.2, 0) is 4.79 Å². The molecule has 1 aromatic carbocycles. The smallest absolute Gasteiger partial charge is 0.257 e. The number of halogens is 2. The van der Waals surface area contributed by atoms with Crippen LogP contribution in [0.4, 0.5) is 10.1 Å². The highest BCUT2D eigenvalue weighted by atomic mass is 35.5. The second-order valence-electron chi connectivity index (χ2n) is 3.90. The van der Waals surface area contributed by atoms with E-state index in [2.05, 4.69) is 5.10 Å². The van der Waals surface area contributed by atoms with Crippen LogP contribution < -0.4 is 5.01 Å². The lowest BCUT2D eigenvalue weighted by atomic mass is 10.0. The summed E-state index contributed by atoms with van der Waals surface area (Å²) in [4.78, 5) is 12.0. The van der Waals surface area contributed by atoms with Gasteiger partial charge in [0.25, 0.3) is 5.91 Å². The van der Waals surface area contributed by atoms with Gasteiger partial charge in [-0.15, -0.1) is 0 Å². The molecule has 18 heavy (non-hydrogen) atoms. The van der Waals surface area contributed by atoms with Crippen LogP contribution in [0.3, 0.4) is 0 Å². The first-order valence-corrected chi connectivity index (χ1v) is 5.63. The van der Waals surface area contributed by atoms with Crippen molar-refractivity contribution < 1.29 is 9.18 Å². The molecular formula is C12H9ClFN3O. The number of benzene rings is 1. The van der Waals surface area contributed by atoms with Crippen molar-refractivity contribution >= 4 is 28.9 Å². The van der Waals surface area contributed by atoms with E-state index in [1.807, 2.05) is 6.07 Å². The molecule has 0 saturated carbocycles. The summed E-state index contributed by atoms with van der Waals surface area (Å²) >= 11 is 5.66. The summed E-state index contributed by atoms with van der Waals surface area (Å²) in [6.45, 7) is 1.69. The molecular weight excluding hydrogens is 257 g/mol. The maximum absolute atomic E-state index is 13.0. The van der Waals surface area contributed by atoms with Crippen LogP contribution >= 0.6 is 11.6 Å². The first-order valence-electron chi connectivity index (χ1n) is 5.25. The standard InChI is InChI=1S/C12H9ClFN3O/c1-7-9(4-5-15)12(18)17(16-7)8-2-3-11(14)10(13)6-8/h2-3,6,9H,4H2,1H3. The Labute approximate surface area is 108 Å². The molecule has 0 fully saturated rings. The monoisotopic (exact) mass is 265 g/mol. The minimum Gasteiger partial charge on any atom is -0.272 e. The van der Waals surface area contributed by atoms with Gasteiger partial charge in [0, 0.05) is 5.71 Å². The maximum atomic E-state index is 13.0. The lowest BCUT2D eigenvalue weighted by molar-refractivity contribution is -0.119. The van der Waals surface area contributed by atoms with Gasteiger partial charge in [0.05, 0.1) is 29.1 Å². The fourth-order valence-corrected chi connectivity index (χ4v) is 1.91. The first-order chi connectivity index (χ1) is 8.54. The maximum Gasteiger partial charge on any atom is 0.257 e. The van der Waals surface area contributed by atoms with Crippen LogP contribution in [0.5, 0.6) is 0 Å². The summed E-state index contributed by atoms with van der Waals surface area (Å²) in [6, 6.07) is 5.88.